The molecule has 2 aromatic rings. The van der Waals surface area contributed by atoms with Crippen LogP contribution in [0, 0.1) is 0 Å². The average Bonchev–Trinajstić information content (AvgIpc) is 3.11. The molecule has 24 heavy (non-hydrogen) atoms. The lowest BCUT2D eigenvalue weighted by molar-refractivity contribution is -0.0131. The molecule has 0 spiro atoms. The molecular formula is C17H29N5OS. The maximum atomic E-state index is 5.49. The first-order chi connectivity index (χ1) is 11.3. The van der Waals surface area contributed by atoms with Gasteiger partial charge >= 0.3 is 0 Å². The summed E-state index contributed by atoms with van der Waals surface area (Å²) in [5, 5.41) is 9.12. The lowest BCUT2D eigenvalue weighted by atomic mass is 9.93. The smallest absolute Gasteiger partial charge is 0.214 e. The van der Waals surface area contributed by atoms with Gasteiger partial charge in [-0.2, -0.15) is 0 Å². The predicted molar refractivity (Wildman–Crippen MR) is 99.1 cm³/mol. The standard InChI is InChI=1S/C17H29N5OS/c1-6-17(5,21-7-9-23-10-8-21)12-18-14-20-22-11-13(16(2,3)4)19-15(22)24-14/h11H,6-10,12H2,1-5H3,(H,18,20)/t17-/m1/s1. The monoisotopic (exact) mass is 351 g/mol. The minimum absolute atomic E-state index is 0.0537. The van der Waals surface area contributed by atoms with Crippen molar-refractivity contribution in [3.63, 3.8) is 0 Å². The van der Waals surface area contributed by atoms with Crippen molar-refractivity contribution in [1.29, 1.82) is 0 Å². The van der Waals surface area contributed by atoms with Gasteiger partial charge in [0.15, 0.2) is 0 Å². The van der Waals surface area contributed by atoms with Crippen LogP contribution in [0.25, 0.3) is 4.96 Å². The number of aromatic nitrogens is 3. The quantitative estimate of drug-likeness (QED) is 0.897. The van der Waals surface area contributed by atoms with E-state index in [4.69, 9.17) is 9.72 Å². The van der Waals surface area contributed by atoms with E-state index in [2.05, 4.69) is 49.9 Å². The number of fused-ring (bicyclic) bond motifs is 1. The Hall–Kier alpha value is -1.18. The highest BCUT2D eigenvalue weighted by Gasteiger charge is 2.31. The molecule has 1 fully saturated rings. The maximum Gasteiger partial charge on any atom is 0.214 e. The molecule has 2 aromatic heterocycles. The zero-order chi connectivity index (χ0) is 17.4. The predicted octanol–water partition coefficient (Wildman–Crippen LogP) is 3.00. The van der Waals surface area contributed by atoms with Crippen LogP contribution < -0.4 is 5.32 Å². The second kappa shape index (κ2) is 6.61. The topological polar surface area (TPSA) is 54.7 Å². The van der Waals surface area contributed by atoms with Crippen LogP contribution in [0.4, 0.5) is 5.13 Å². The summed E-state index contributed by atoms with van der Waals surface area (Å²) in [5.41, 5.74) is 1.26. The molecule has 3 rings (SSSR count). The molecule has 0 aliphatic carbocycles. The van der Waals surface area contributed by atoms with Gasteiger partial charge in [-0.3, -0.25) is 4.90 Å². The molecule has 1 aliphatic heterocycles. The highest BCUT2D eigenvalue weighted by Crippen LogP contribution is 2.27. The molecular weight excluding hydrogens is 322 g/mol. The molecule has 1 aliphatic rings. The van der Waals surface area contributed by atoms with Crippen LogP contribution in [-0.4, -0.2) is 57.9 Å². The van der Waals surface area contributed by atoms with E-state index < -0.39 is 0 Å². The Labute approximate surface area is 148 Å². The third-order valence-electron chi connectivity index (χ3n) is 4.97. The summed E-state index contributed by atoms with van der Waals surface area (Å²) in [4.78, 5) is 8.19. The van der Waals surface area contributed by atoms with E-state index in [-0.39, 0.29) is 11.0 Å². The van der Waals surface area contributed by atoms with Gasteiger partial charge in [0, 0.05) is 30.6 Å². The van der Waals surface area contributed by atoms with Crippen LogP contribution in [0.15, 0.2) is 6.20 Å². The molecule has 6 nitrogen and oxygen atoms in total. The third kappa shape index (κ3) is 3.58. The van der Waals surface area contributed by atoms with Crippen molar-refractivity contribution in [2.24, 2.45) is 0 Å². The molecule has 1 atom stereocenters. The Bertz CT molecular complexity index is 651. The van der Waals surface area contributed by atoms with Gasteiger partial charge in [-0.1, -0.05) is 39.0 Å². The van der Waals surface area contributed by atoms with Crippen LogP contribution in [0.2, 0.25) is 0 Å². The van der Waals surface area contributed by atoms with E-state index in [0.717, 1.165) is 55.1 Å². The minimum atomic E-state index is 0.0537. The van der Waals surface area contributed by atoms with Gasteiger partial charge in [0.2, 0.25) is 10.1 Å². The zero-order valence-corrected chi connectivity index (χ0v) is 16.2. The van der Waals surface area contributed by atoms with E-state index >= 15 is 0 Å². The van der Waals surface area contributed by atoms with Crippen molar-refractivity contribution in [1.82, 2.24) is 19.5 Å². The Balaban J connectivity index is 1.69. The zero-order valence-electron chi connectivity index (χ0n) is 15.4. The number of hydrogen-bond acceptors (Lipinski definition) is 6. The Morgan fingerprint density at radius 1 is 1.25 bits per heavy atom. The second-order valence-corrected chi connectivity index (χ2v) is 8.77. The summed E-state index contributed by atoms with van der Waals surface area (Å²) in [6.07, 6.45) is 3.13. The average molecular weight is 352 g/mol. The first-order valence-corrected chi connectivity index (χ1v) is 9.57. The van der Waals surface area contributed by atoms with Gasteiger partial charge in [0.05, 0.1) is 25.1 Å². The van der Waals surface area contributed by atoms with Crippen molar-refractivity contribution in [2.45, 2.75) is 52.0 Å². The largest absolute Gasteiger partial charge is 0.379 e. The number of anilines is 1. The normalized spacial score (nSPS) is 19.5. The number of ether oxygens (including phenoxy) is 1. The summed E-state index contributed by atoms with van der Waals surface area (Å²) in [5.74, 6) is 0. The van der Waals surface area contributed by atoms with Crippen molar-refractivity contribution < 1.29 is 4.74 Å². The first kappa shape index (κ1) is 17.6. The molecule has 7 heteroatoms. The van der Waals surface area contributed by atoms with Crippen LogP contribution in [0.3, 0.4) is 0 Å². The van der Waals surface area contributed by atoms with Crippen molar-refractivity contribution in [2.75, 3.05) is 38.2 Å². The molecule has 1 saturated heterocycles. The second-order valence-electron chi connectivity index (χ2n) is 7.81. The first-order valence-electron chi connectivity index (χ1n) is 8.75. The van der Waals surface area contributed by atoms with Gasteiger partial charge < -0.3 is 10.1 Å². The SMILES string of the molecule is CC[C@](C)(CNc1nn2cc(C(C)(C)C)nc2s1)N1CCOCC1. The van der Waals surface area contributed by atoms with E-state index in [1.165, 1.54) is 0 Å². The molecule has 0 saturated carbocycles. The van der Waals surface area contributed by atoms with Crippen molar-refractivity contribution >= 4 is 21.4 Å². The van der Waals surface area contributed by atoms with E-state index in [1.54, 1.807) is 11.3 Å². The minimum Gasteiger partial charge on any atom is -0.379 e. The van der Waals surface area contributed by atoms with Crippen LogP contribution in [0.5, 0.6) is 0 Å². The molecule has 134 valence electrons. The number of hydrogen-bond donors (Lipinski definition) is 1. The Morgan fingerprint density at radius 2 is 1.96 bits per heavy atom. The molecule has 1 N–H and O–H groups in total. The highest BCUT2D eigenvalue weighted by molar-refractivity contribution is 7.20. The van der Waals surface area contributed by atoms with Gasteiger partial charge in [-0.05, 0) is 13.3 Å². The van der Waals surface area contributed by atoms with Gasteiger partial charge in [0.1, 0.15) is 0 Å². The summed E-state index contributed by atoms with van der Waals surface area (Å²) < 4.78 is 7.38. The van der Waals surface area contributed by atoms with Crippen molar-refractivity contribution in [3.05, 3.63) is 11.9 Å². The van der Waals surface area contributed by atoms with Gasteiger partial charge in [0.25, 0.3) is 0 Å². The summed E-state index contributed by atoms with van der Waals surface area (Å²) in [6.45, 7) is 15.6. The number of nitrogens with zero attached hydrogens (tertiary/aromatic N) is 4. The molecule has 0 aromatic carbocycles. The van der Waals surface area contributed by atoms with Crippen LogP contribution in [-0.2, 0) is 10.2 Å². The molecule has 0 radical (unpaired) electrons. The van der Waals surface area contributed by atoms with E-state index in [9.17, 15) is 0 Å². The number of rotatable bonds is 5. The fourth-order valence-electron chi connectivity index (χ4n) is 2.96. The van der Waals surface area contributed by atoms with E-state index in [1.807, 2.05) is 10.7 Å². The fraction of sp³-hybridized carbons (Fsp3) is 0.765. The van der Waals surface area contributed by atoms with Crippen LogP contribution >= 0.6 is 11.3 Å². The van der Waals surface area contributed by atoms with Crippen molar-refractivity contribution in [3.8, 4) is 0 Å². The van der Waals surface area contributed by atoms with E-state index in [0.29, 0.717) is 0 Å². The number of morpholine rings is 1. The maximum absolute atomic E-state index is 5.49. The molecule has 0 amide bonds. The van der Waals surface area contributed by atoms with Crippen LogP contribution in [0.1, 0.15) is 46.7 Å². The lowest BCUT2D eigenvalue weighted by Gasteiger charge is -2.43. The third-order valence-corrected chi connectivity index (χ3v) is 5.85. The fourth-order valence-corrected chi connectivity index (χ4v) is 3.74. The Kier molecular flexibility index (Phi) is 4.86. The number of nitrogens with one attached hydrogen (secondary N) is 1. The van der Waals surface area contributed by atoms with Gasteiger partial charge in [-0.25, -0.2) is 9.50 Å². The summed E-state index contributed by atoms with van der Waals surface area (Å²) in [7, 11) is 0. The summed E-state index contributed by atoms with van der Waals surface area (Å²) >= 11 is 1.62. The number of imidazole rings is 1. The molecule has 0 bridgehead atoms. The highest BCUT2D eigenvalue weighted by atomic mass is 32.1. The lowest BCUT2D eigenvalue weighted by Crippen LogP contribution is -2.54. The molecule has 0 unspecified atom stereocenters. The summed E-state index contributed by atoms with van der Waals surface area (Å²) in [6, 6.07) is 0. The Morgan fingerprint density at radius 3 is 2.54 bits per heavy atom. The van der Waals surface area contributed by atoms with Gasteiger partial charge in [-0.15, -0.1) is 5.10 Å². The molecule has 3 heterocycles.